The van der Waals surface area contributed by atoms with Crippen LogP contribution in [0.1, 0.15) is 0 Å². The molecule has 2 aromatic rings. The second-order valence-electron chi connectivity index (χ2n) is 2.31. The van der Waals surface area contributed by atoms with Crippen LogP contribution in [-0.2, 0) is 0 Å². The van der Waals surface area contributed by atoms with E-state index in [1.165, 1.54) is 0 Å². The first-order chi connectivity index (χ1) is 5.86. The van der Waals surface area contributed by atoms with Gasteiger partial charge < -0.3 is 5.73 Å². The van der Waals surface area contributed by atoms with E-state index in [1.54, 1.807) is 23.7 Å². The van der Waals surface area contributed by atoms with Crippen LogP contribution in [0, 0.1) is 0 Å². The summed E-state index contributed by atoms with van der Waals surface area (Å²) in [4.78, 5) is 8.07. The summed E-state index contributed by atoms with van der Waals surface area (Å²) in [6, 6.07) is 3.72. The fourth-order valence-corrected chi connectivity index (χ4v) is 1.58. The van der Waals surface area contributed by atoms with Crippen LogP contribution in [0.25, 0.3) is 10.6 Å². The fraction of sp³-hybridized carbons (Fsp3) is 0. The van der Waals surface area contributed by atoms with Gasteiger partial charge in [0.2, 0.25) is 0 Å². The standard InChI is InChI=1S/C8H7N3S/c9-7-5-6(1-2-10-7)8-11-3-4-12-8/h1-5H,(H2,9,10). The smallest absolute Gasteiger partial charge is 0.123 e. The van der Waals surface area contributed by atoms with E-state index in [2.05, 4.69) is 9.97 Å². The second kappa shape index (κ2) is 2.91. The number of rotatable bonds is 1. The number of anilines is 1. The molecule has 0 amide bonds. The summed E-state index contributed by atoms with van der Waals surface area (Å²) in [5.41, 5.74) is 6.56. The molecule has 0 atom stereocenters. The lowest BCUT2D eigenvalue weighted by molar-refractivity contribution is 1.32. The average Bonchev–Trinajstić information content (AvgIpc) is 2.56. The van der Waals surface area contributed by atoms with Crippen molar-refractivity contribution >= 4 is 17.2 Å². The molecule has 0 saturated heterocycles. The van der Waals surface area contributed by atoms with Gasteiger partial charge in [0.05, 0.1) is 0 Å². The molecule has 2 N–H and O–H groups in total. The highest BCUT2D eigenvalue weighted by Gasteiger charge is 1.99. The van der Waals surface area contributed by atoms with Crippen molar-refractivity contribution in [2.24, 2.45) is 0 Å². The molecule has 0 aromatic carbocycles. The molecule has 60 valence electrons. The maximum absolute atomic E-state index is 5.53. The summed E-state index contributed by atoms with van der Waals surface area (Å²) >= 11 is 1.59. The van der Waals surface area contributed by atoms with Crippen LogP contribution >= 0.6 is 11.3 Å². The Balaban J connectivity index is 2.48. The Labute approximate surface area is 73.9 Å². The van der Waals surface area contributed by atoms with E-state index in [0.717, 1.165) is 10.6 Å². The number of nitrogens with zero attached hydrogens (tertiary/aromatic N) is 2. The lowest BCUT2D eigenvalue weighted by atomic mass is 10.3. The van der Waals surface area contributed by atoms with Crippen molar-refractivity contribution in [1.82, 2.24) is 9.97 Å². The minimum atomic E-state index is 0.530. The van der Waals surface area contributed by atoms with Crippen molar-refractivity contribution in [3.8, 4) is 10.6 Å². The third-order valence-electron chi connectivity index (χ3n) is 1.46. The van der Waals surface area contributed by atoms with Gasteiger partial charge in [0.25, 0.3) is 0 Å². The Bertz CT molecular complexity index is 370. The van der Waals surface area contributed by atoms with Crippen LogP contribution in [0.4, 0.5) is 5.82 Å². The van der Waals surface area contributed by atoms with Crippen LogP contribution in [0.5, 0.6) is 0 Å². The first-order valence-corrected chi connectivity index (χ1v) is 4.35. The zero-order valence-corrected chi connectivity index (χ0v) is 7.08. The molecule has 0 fully saturated rings. The molecule has 2 heterocycles. The van der Waals surface area contributed by atoms with E-state index in [-0.39, 0.29) is 0 Å². The third kappa shape index (κ3) is 1.29. The average molecular weight is 177 g/mol. The summed E-state index contributed by atoms with van der Waals surface area (Å²) in [6.07, 6.45) is 3.46. The Kier molecular flexibility index (Phi) is 1.75. The van der Waals surface area contributed by atoms with E-state index in [0.29, 0.717) is 5.82 Å². The molecular weight excluding hydrogens is 170 g/mol. The number of pyridine rings is 1. The highest BCUT2D eigenvalue weighted by atomic mass is 32.1. The molecule has 0 aliphatic heterocycles. The number of nitrogen functional groups attached to an aromatic ring is 1. The van der Waals surface area contributed by atoms with E-state index >= 15 is 0 Å². The molecule has 0 bridgehead atoms. The van der Waals surface area contributed by atoms with Gasteiger partial charge >= 0.3 is 0 Å². The lowest BCUT2D eigenvalue weighted by Gasteiger charge is -1.95. The normalized spacial score (nSPS) is 10.0. The third-order valence-corrected chi connectivity index (χ3v) is 2.28. The molecular formula is C8H7N3S. The summed E-state index contributed by atoms with van der Waals surface area (Å²) in [5.74, 6) is 0.530. The van der Waals surface area contributed by atoms with Crippen molar-refractivity contribution < 1.29 is 0 Å². The van der Waals surface area contributed by atoms with Gasteiger partial charge in [0.15, 0.2) is 0 Å². The predicted octanol–water partition coefficient (Wildman–Crippen LogP) is 1.79. The molecule has 0 unspecified atom stereocenters. The van der Waals surface area contributed by atoms with E-state index < -0.39 is 0 Å². The highest BCUT2D eigenvalue weighted by molar-refractivity contribution is 7.13. The molecule has 4 heteroatoms. The van der Waals surface area contributed by atoms with E-state index in [9.17, 15) is 0 Å². The summed E-state index contributed by atoms with van der Waals surface area (Å²) in [7, 11) is 0. The highest BCUT2D eigenvalue weighted by Crippen LogP contribution is 2.21. The quantitative estimate of drug-likeness (QED) is 0.722. The Morgan fingerprint density at radius 1 is 1.25 bits per heavy atom. The number of thiazole rings is 1. The van der Waals surface area contributed by atoms with E-state index in [1.807, 2.05) is 17.5 Å². The second-order valence-corrected chi connectivity index (χ2v) is 3.20. The molecule has 0 saturated carbocycles. The van der Waals surface area contributed by atoms with Crippen LogP contribution in [-0.4, -0.2) is 9.97 Å². The SMILES string of the molecule is Nc1cc(-c2nccs2)ccn1. The minimum Gasteiger partial charge on any atom is -0.384 e. The number of nitrogens with two attached hydrogens (primary N) is 1. The molecule has 2 rings (SSSR count). The number of hydrogen-bond acceptors (Lipinski definition) is 4. The predicted molar refractivity (Wildman–Crippen MR) is 49.8 cm³/mol. The summed E-state index contributed by atoms with van der Waals surface area (Å²) in [5, 5.41) is 2.91. The van der Waals surface area contributed by atoms with Crippen LogP contribution < -0.4 is 5.73 Å². The van der Waals surface area contributed by atoms with Crippen LogP contribution in [0.15, 0.2) is 29.9 Å². The van der Waals surface area contributed by atoms with E-state index in [4.69, 9.17) is 5.73 Å². The van der Waals surface area contributed by atoms with Crippen molar-refractivity contribution in [3.05, 3.63) is 29.9 Å². The van der Waals surface area contributed by atoms with Gasteiger partial charge in [-0.3, -0.25) is 0 Å². The van der Waals surface area contributed by atoms with Gasteiger partial charge in [-0.1, -0.05) is 0 Å². The van der Waals surface area contributed by atoms with Crippen molar-refractivity contribution in [1.29, 1.82) is 0 Å². The molecule has 2 aromatic heterocycles. The Morgan fingerprint density at radius 3 is 2.83 bits per heavy atom. The Morgan fingerprint density at radius 2 is 2.17 bits per heavy atom. The summed E-state index contributed by atoms with van der Waals surface area (Å²) < 4.78 is 0. The largest absolute Gasteiger partial charge is 0.384 e. The van der Waals surface area contributed by atoms with Crippen molar-refractivity contribution in [3.63, 3.8) is 0 Å². The van der Waals surface area contributed by atoms with Crippen LogP contribution in [0.2, 0.25) is 0 Å². The Hall–Kier alpha value is -1.42. The monoisotopic (exact) mass is 177 g/mol. The molecule has 3 nitrogen and oxygen atoms in total. The molecule has 0 aliphatic rings. The molecule has 0 radical (unpaired) electrons. The molecule has 0 aliphatic carbocycles. The zero-order valence-electron chi connectivity index (χ0n) is 6.27. The number of aromatic nitrogens is 2. The van der Waals surface area contributed by atoms with Crippen molar-refractivity contribution in [2.75, 3.05) is 5.73 Å². The zero-order chi connectivity index (χ0) is 8.39. The van der Waals surface area contributed by atoms with Gasteiger partial charge in [-0.25, -0.2) is 9.97 Å². The lowest BCUT2D eigenvalue weighted by Crippen LogP contribution is -1.88. The topological polar surface area (TPSA) is 51.8 Å². The van der Waals surface area contributed by atoms with Gasteiger partial charge in [-0.15, -0.1) is 11.3 Å². The van der Waals surface area contributed by atoms with Gasteiger partial charge in [-0.2, -0.15) is 0 Å². The molecule has 0 spiro atoms. The van der Waals surface area contributed by atoms with Gasteiger partial charge in [-0.05, 0) is 12.1 Å². The summed E-state index contributed by atoms with van der Waals surface area (Å²) in [6.45, 7) is 0. The first-order valence-electron chi connectivity index (χ1n) is 3.47. The maximum Gasteiger partial charge on any atom is 0.123 e. The van der Waals surface area contributed by atoms with Crippen molar-refractivity contribution in [2.45, 2.75) is 0 Å². The minimum absolute atomic E-state index is 0.530. The first kappa shape index (κ1) is 7.24. The number of hydrogen-bond donors (Lipinski definition) is 1. The van der Waals surface area contributed by atoms with Gasteiger partial charge in [0, 0.05) is 23.3 Å². The fourth-order valence-electron chi connectivity index (χ4n) is 0.947. The molecule has 12 heavy (non-hydrogen) atoms. The maximum atomic E-state index is 5.53. The van der Waals surface area contributed by atoms with Gasteiger partial charge in [0.1, 0.15) is 10.8 Å². The van der Waals surface area contributed by atoms with Crippen LogP contribution in [0.3, 0.4) is 0 Å².